The van der Waals surface area contributed by atoms with Gasteiger partial charge in [-0.25, -0.2) is 9.50 Å². The first kappa shape index (κ1) is 13.3. The van der Waals surface area contributed by atoms with Gasteiger partial charge in [-0.05, 0) is 42.3 Å². The average molecular weight is 308 g/mol. The van der Waals surface area contributed by atoms with Crippen molar-refractivity contribution in [3.8, 4) is 11.1 Å². The maximum Gasteiger partial charge on any atom is 0.165 e. The maximum absolute atomic E-state index is 6.29. The Hall–Kier alpha value is -2.39. The van der Waals surface area contributed by atoms with Gasteiger partial charge in [-0.3, -0.25) is 0 Å². The molecule has 4 rings (SSSR count). The molecule has 0 unspecified atom stereocenters. The van der Waals surface area contributed by atoms with E-state index < -0.39 is 0 Å². The summed E-state index contributed by atoms with van der Waals surface area (Å²) in [7, 11) is 0. The third kappa shape index (κ3) is 1.97. The summed E-state index contributed by atoms with van der Waals surface area (Å²) in [6.45, 7) is 3.93. The lowest BCUT2D eigenvalue weighted by Gasteiger charge is -2.04. The van der Waals surface area contributed by atoms with Crippen LogP contribution in [0.25, 0.3) is 27.5 Å². The summed E-state index contributed by atoms with van der Waals surface area (Å²) in [4.78, 5) is 4.63. The first-order chi connectivity index (χ1) is 10.6. The Morgan fingerprint density at radius 3 is 2.55 bits per heavy atom. The minimum absolute atomic E-state index is 0.581. The van der Waals surface area contributed by atoms with Crippen LogP contribution in [-0.2, 0) is 0 Å². The first-order valence-corrected chi connectivity index (χ1v) is 7.53. The zero-order valence-electron chi connectivity index (χ0n) is 12.3. The average Bonchev–Trinajstić information content (AvgIpc) is 2.83. The number of aryl methyl sites for hydroxylation is 2. The fraction of sp³-hybridized carbons (Fsp3) is 0.111. The van der Waals surface area contributed by atoms with Crippen molar-refractivity contribution < 1.29 is 0 Å². The monoisotopic (exact) mass is 307 g/mol. The van der Waals surface area contributed by atoms with Crippen LogP contribution in [0.3, 0.4) is 0 Å². The number of nitrogens with zero attached hydrogens (tertiary/aromatic N) is 3. The molecule has 0 saturated carbocycles. The van der Waals surface area contributed by atoms with E-state index in [4.69, 9.17) is 11.6 Å². The topological polar surface area (TPSA) is 30.2 Å². The summed E-state index contributed by atoms with van der Waals surface area (Å²) in [6, 6.07) is 16.6. The highest BCUT2D eigenvalue weighted by Gasteiger charge is 2.15. The molecule has 4 heteroatoms. The Morgan fingerprint density at radius 2 is 1.73 bits per heavy atom. The predicted octanol–water partition coefficient (Wildman–Crippen LogP) is 4.82. The molecular formula is C18H14ClN3. The van der Waals surface area contributed by atoms with Gasteiger partial charge in [0.05, 0.1) is 5.69 Å². The molecule has 0 atom stereocenters. The molecule has 2 aromatic carbocycles. The molecule has 0 amide bonds. The van der Waals surface area contributed by atoms with Gasteiger partial charge in [0.1, 0.15) is 5.15 Å². The molecule has 22 heavy (non-hydrogen) atoms. The van der Waals surface area contributed by atoms with Crippen molar-refractivity contribution in [2.75, 3.05) is 0 Å². The lowest BCUT2D eigenvalue weighted by Crippen LogP contribution is -1.94. The second-order valence-corrected chi connectivity index (χ2v) is 5.87. The highest BCUT2D eigenvalue weighted by molar-refractivity contribution is 6.29. The van der Waals surface area contributed by atoms with E-state index in [9.17, 15) is 0 Å². The SMILES string of the molecule is Cc1cc(Cl)n2nc(C)c(-c3ccc4ccccc4c3)c2n1. The van der Waals surface area contributed by atoms with Gasteiger partial charge >= 0.3 is 0 Å². The second-order valence-electron chi connectivity index (χ2n) is 5.48. The van der Waals surface area contributed by atoms with Crippen molar-refractivity contribution in [2.24, 2.45) is 0 Å². The third-order valence-electron chi connectivity index (χ3n) is 3.89. The first-order valence-electron chi connectivity index (χ1n) is 7.15. The molecule has 2 aromatic heterocycles. The van der Waals surface area contributed by atoms with Crippen molar-refractivity contribution in [1.82, 2.24) is 14.6 Å². The number of halogens is 1. The molecule has 0 N–H and O–H groups in total. The molecule has 0 radical (unpaired) electrons. The van der Waals surface area contributed by atoms with Crippen LogP contribution in [0.5, 0.6) is 0 Å². The fourth-order valence-electron chi connectivity index (χ4n) is 2.88. The standard InChI is InChI=1S/C18H14ClN3/c1-11-9-16(19)22-18(20-11)17(12(2)21-22)15-8-7-13-5-3-4-6-14(13)10-15/h3-10H,1-2H3. The van der Waals surface area contributed by atoms with Crippen molar-refractivity contribution >= 4 is 28.0 Å². The van der Waals surface area contributed by atoms with Crippen molar-refractivity contribution in [2.45, 2.75) is 13.8 Å². The van der Waals surface area contributed by atoms with Crippen molar-refractivity contribution in [1.29, 1.82) is 0 Å². The van der Waals surface area contributed by atoms with Gasteiger partial charge in [-0.2, -0.15) is 5.10 Å². The zero-order valence-corrected chi connectivity index (χ0v) is 13.1. The minimum Gasteiger partial charge on any atom is -0.233 e. The van der Waals surface area contributed by atoms with Gasteiger partial charge in [0.25, 0.3) is 0 Å². The summed E-state index contributed by atoms with van der Waals surface area (Å²) in [5.74, 6) is 0. The Bertz CT molecular complexity index is 1020. The highest BCUT2D eigenvalue weighted by atomic mass is 35.5. The maximum atomic E-state index is 6.29. The molecule has 0 fully saturated rings. The Kier molecular flexibility index (Phi) is 2.91. The summed E-state index contributed by atoms with van der Waals surface area (Å²) < 4.78 is 1.70. The van der Waals surface area contributed by atoms with E-state index in [0.717, 1.165) is 28.2 Å². The van der Waals surface area contributed by atoms with E-state index >= 15 is 0 Å². The van der Waals surface area contributed by atoms with Gasteiger partial charge in [-0.1, -0.05) is 48.0 Å². The number of hydrogen-bond donors (Lipinski definition) is 0. The summed E-state index contributed by atoms with van der Waals surface area (Å²) >= 11 is 6.29. The van der Waals surface area contributed by atoms with Crippen LogP contribution in [0.2, 0.25) is 5.15 Å². The second kappa shape index (κ2) is 4.82. The molecule has 0 bridgehead atoms. The predicted molar refractivity (Wildman–Crippen MR) is 90.4 cm³/mol. The van der Waals surface area contributed by atoms with E-state index in [-0.39, 0.29) is 0 Å². The van der Waals surface area contributed by atoms with E-state index in [1.807, 2.05) is 32.0 Å². The Balaban J connectivity index is 2.05. The normalized spacial score (nSPS) is 11.4. The number of rotatable bonds is 1. The van der Waals surface area contributed by atoms with Crippen LogP contribution >= 0.6 is 11.6 Å². The molecule has 0 aliphatic heterocycles. The van der Waals surface area contributed by atoms with Gasteiger partial charge < -0.3 is 0 Å². The lowest BCUT2D eigenvalue weighted by molar-refractivity contribution is 0.910. The minimum atomic E-state index is 0.581. The number of benzene rings is 2. The Labute approximate surface area is 133 Å². The highest BCUT2D eigenvalue weighted by Crippen LogP contribution is 2.31. The molecule has 3 nitrogen and oxygen atoms in total. The largest absolute Gasteiger partial charge is 0.233 e. The van der Waals surface area contributed by atoms with E-state index in [1.54, 1.807) is 4.52 Å². The van der Waals surface area contributed by atoms with Gasteiger partial charge in [-0.15, -0.1) is 0 Å². The van der Waals surface area contributed by atoms with Crippen LogP contribution in [0.15, 0.2) is 48.5 Å². The number of aromatic nitrogens is 3. The summed E-state index contributed by atoms with van der Waals surface area (Å²) in [5.41, 5.74) is 4.77. The molecule has 0 aliphatic rings. The van der Waals surface area contributed by atoms with Crippen LogP contribution in [0, 0.1) is 13.8 Å². The van der Waals surface area contributed by atoms with Crippen LogP contribution in [0.1, 0.15) is 11.4 Å². The van der Waals surface area contributed by atoms with E-state index in [0.29, 0.717) is 5.15 Å². The molecule has 0 saturated heterocycles. The summed E-state index contributed by atoms with van der Waals surface area (Å²) in [5, 5.41) is 7.54. The van der Waals surface area contributed by atoms with Gasteiger partial charge in [0.15, 0.2) is 5.65 Å². The van der Waals surface area contributed by atoms with Gasteiger partial charge in [0.2, 0.25) is 0 Å². The van der Waals surface area contributed by atoms with Crippen LogP contribution < -0.4 is 0 Å². The van der Waals surface area contributed by atoms with Crippen LogP contribution in [-0.4, -0.2) is 14.6 Å². The zero-order chi connectivity index (χ0) is 15.3. The quantitative estimate of drug-likeness (QED) is 0.472. The fourth-order valence-corrected chi connectivity index (χ4v) is 3.16. The molecule has 108 valence electrons. The van der Waals surface area contributed by atoms with E-state index in [2.05, 4.69) is 40.4 Å². The number of hydrogen-bond acceptors (Lipinski definition) is 2. The smallest absolute Gasteiger partial charge is 0.165 e. The Morgan fingerprint density at radius 1 is 0.955 bits per heavy atom. The number of fused-ring (bicyclic) bond motifs is 2. The molecular weight excluding hydrogens is 294 g/mol. The third-order valence-corrected chi connectivity index (χ3v) is 4.16. The molecule has 0 aliphatic carbocycles. The van der Waals surface area contributed by atoms with Crippen molar-refractivity contribution in [3.63, 3.8) is 0 Å². The lowest BCUT2D eigenvalue weighted by atomic mass is 10.0. The van der Waals surface area contributed by atoms with E-state index in [1.165, 1.54) is 10.8 Å². The van der Waals surface area contributed by atoms with Crippen molar-refractivity contribution in [3.05, 3.63) is 65.1 Å². The summed E-state index contributed by atoms with van der Waals surface area (Å²) in [6.07, 6.45) is 0. The van der Waals surface area contributed by atoms with Crippen LogP contribution in [0.4, 0.5) is 0 Å². The van der Waals surface area contributed by atoms with Gasteiger partial charge in [0, 0.05) is 11.3 Å². The molecule has 2 heterocycles. The molecule has 0 spiro atoms. The molecule has 4 aromatic rings.